The van der Waals surface area contributed by atoms with Crippen molar-refractivity contribution in [2.24, 2.45) is 4.99 Å². The molecular weight excluding hydrogens is 921 g/mol. The number of amidine groups is 1. The van der Waals surface area contributed by atoms with Crippen LogP contribution in [0.2, 0.25) is 0 Å². The van der Waals surface area contributed by atoms with E-state index in [9.17, 15) is 0 Å². The van der Waals surface area contributed by atoms with Crippen LogP contribution in [0.25, 0.3) is 60.7 Å². The van der Waals surface area contributed by atoms with Crippen LogP contribution >= 0.6 is 0 Å². The highest BCUT2D eigenvalue weighted by Crippen LogP contribution is 2.56. The van der Waals surface area contributed by atoms with Crippen LogP contribution in [0, 0.1) is 0 Å². The summed E-state index contributed by atoms with van der Waals surface area (Å²) in [6.45, 7) is 0. The highest BCUT2D eigenvalue weighted by Gasteiger charge is 2.47. The number of para-hydroxylation sites is 4. The molecule has 0 saturated carbocycles. The smallest absolute Gasteiger partial charge is 0.133 e. The molecule has 2 aromatic heterocycles. The molecule has 0 bridgehead atoms. The van der Waals surface area contributed by atoms with Crippen molar-refractivity contribution in [3.05, 3.63) is 340 Å². The highest BCUT2D eigenvalue weighted by molar-refractivity contribution is 6.15. The molecule has 0 fully saturated rings. The maximum absolute atomic E-state index is 5.55. The minimum absolute atomic E-state index is 0.266. The number of nitrogens with one attached hydrogen (secondary N) is 1. The van der Waals surface area contributed by atoms with E-state index in [0.29, 0.717) is 0 Å². The average Bonchev–Trinajstić information content (AvgIpc) is 4.13. The van der Waals surface area contributed by atoms with Crippen LogP contribution in [0.15, 0.2) is 284 Å². The predicted octanol–water partition coefficient (Wildman–Crippen LogP) is 16.4. The summed E-state index contributed by atoms with van der Waals surface area (Å²) < 4.78 is 5.03. The third-order valence-corrected chi connectivity index (χ3v) is 16.9. The van der Waals surface area contributed by atoms with Crippen molar-refractivity contribution in [3.8, 4) is 11.4 Å². The topological polar surface area (TPSA) is 34.2 Å². The molecule has 3 aliphatic heterocycles. The fraction of sp³-hybridized carbons (Fsp3) is 0.0417. The molecule has 356 valence electrons. The van der Waals surface area contributed by atoms with Gasteiger partial charge in [0.2, 0.25) is 0 Å². The fourth-order valence-electron chi connectivity index (χ4n) is 13.8. The second-order valence-electron chi connectivity index (χ2n) is 20.6. The Morgan fingerprint density at radius 2 is 0.763 bits per heavy atom. The van der Waals surface area contributed by atoms with Crippen LogP contribution in [0.5, 0.6) is 0 Å². The molecule has 0 spiro atoms. The lowest BCUT2D eigenvalue weighted by molar-refractivity contribution is 0.728. The Labute approximate surface area is 440 Å². The van der Waals surface area contributed by atoms with E-state index >= 15 is 0 Å². The molecular formula is C72H48N4. The first-order valence-corrected chi connectivity index (χ1v) is 26.4. The van der Waals surface area contributed by atoms with Gasteiger partial charge >= 0.3 is 0 Å². The van der Waals surface area contributed by atoms with Gasteiger partial charge in [0.1, 0.15) is 5.84 Å². The van der Waals surface area contributed by atoms with E-state index in [1.807, 2.05) is 0 Å². The normalized spacial score (nSPS) is 15.7. The Bertz CT molecular complexity index is 4450. The summed E-state index contributed by atoms with van der Waals surface area (Å²) >= 11 is 0. The van der Waals surface area contributed by atoms with E-state index in [1.165, 1.54) is 99.5 Å². The molecule has 13 aromatic rings. The standard InChI is InChI=1S/C72H48N4/c1-6-22-47(23-7-1)70-73-62(48-40-42-64-56(44-48)54-32-20-36-60-68(54)75(64)66-38-18-16-34-58(66)71(60,50-24-8-2-9-25-50)51-26-10-3-11-27-51)46-63(74-70)49-41-43-65-57(45-49)55-33-21-37-61-69(55)76(65)67-39-19-17-35-59(67)72(61,52-28-12-4-13-29-52)53-30-14-5-15-31-53/h1-46,62H,(H,73,74). The Morgan fingerprint density at radius 1 is 0.342 bits per heavy atom. The van der Waals surface area contributed by atoms with E-state index < -0.39 is 10.8 Å². The van der Waals surface area contributed by atoms with E-state index in [0.717, 1.165) is 28.2 Å². The van der Waals surface area contributed by atoms with Crippen LogP contribution < -0.4 is 5.32 Å². The molecule has 4 heteroatoms. The number of nitrogens with zero attached hydrogens (tertiary/aromatic N) is 3. The number of hydrogen-bond donors (Lipinski definition) is 1. The van der Waals surface area contributed by atoms with Gasteiger partial charge in [-0.2, -0.15) is 0 Å². The van der Waals surface area contributed by atoms with Gasteiger partial charge in [-0.3, -0.25) is 4.99 Å². The van der Waals surface area contributed by atoms with E-state index in [-0.39, 0.29) is 6.04 Å². The number of aliphatic imine (C=N–C) groups is 1. The number of benzene rings is 11. The Balaban J connectivity index is 0.892. The molecule has 0 radical (unpaired) electrons. The van der Waals surface area contributed by atoms with Gasteiger partial charge in [0.25, 0.3) is 0 Å². The number of hydrogen-bond acceptors (Lipinski definition) is 2. The summed E-state index contributed by atoms with van der Waals surface area (Å²) in [5.74, 6) is 0.849. The van der Waals surface area contributed by atoms with Gasteiger partial charge in [-0.25, -0.2) is 0 Å². The third-order valence-electron chi connectivity index (χ3n) is 16.9. The third kappa shape index (κ3) is 5.81. The first-order chi connectivity index (χ1) is 37.7. The second kappa shape index (κ2) is 16.4. The van der Waals surface area contributed by atoms with Crippen molar-refractivity contribution in [3.63, 3.8) is 0 Å². The van der Waals surface area contributed by atoms with Gasteiger partial charge in [-0.05, 0) is 98.1 Å². The molecule has 1 atom stereocenters. The van der Waals surface area contributed by atoms with Crippen molar-refractivity contribution in [1.29, 1.82) is 0 Å². The molecule has 3 aliphatic rings. The first-order valence-electron chi connectivity index (χ1n) is 26.4. The Morgan fingerprint density at radius 3 is 1.26 bits per heavy atom. The average molecular weight is 969 g/mol. The number of aromatic nitrogens is 2. The van der Waals surface area contributed by atoms with Gasteiger partial charge in [0.05, 0.1) is 50.3 Å². The Hall–Kier alpha value is -9.77. The summed E-state index contributed by atoms with van der Waals surface area (Å²) in [4.78, 5) is 5.55. The summed E-state index contributed by atoms with van der Waals surface area (Å²) in [6, 6.07) is 101. The lowest BCUT2D eigenvalue weighted by atomic mass is 9.63. The first kappa shape index (κ1) is 42.7. The summed E-state index contributed by atoms with van der Waals surface area (Å²) in [6.07, 6.45) is 2.33. The van der Waals surface area contributed by atoms with Gasteiger partial charge in [-0.15, -0.1) is 0 Å². The SMILES string of the molecule is C1=C(c2ccc3c(c2)c2cccc4c2n3-c2ccccc2C4(c2ccccc2)c2ccccc2)NC(c2ccccc2)=NC1c1ccc2c(c1)c1cccc3c1n2-c1ccccc1C3(c1ccccc1)c1ccccc1. The molecule has 0 saturated heterocycles. The zero-order chi connectivity index (χ0) is 50.0. The van der Waals surface area contributed by atoms with E-state index in [1.54, 1.807) is 0 Å². The second-order valence-corrected chi connectivity index (χ2v) is 20.6. The quantitative estimate of drug-likeness (QED) is 0.170. The zero-order valence-electron chi connectivity index (χ0n) is 41.5. The number of rotatable bonds is 7. The van der Waals surface area contributed by atoms with Crippen LogP contribution in [0.3, 0.4) is 0 Å². The molecule has 16 rings (SSSR count). The maximum atomic E-state index is 5.55. The molecule has 0 amide bonds. The van der Waals surface area contributed by atoms with Crippen molar-refractivity contribution >= 4 is 55.1 Å². The van der Waals surface area contributed by atoms with Crippen molar-refractivity contribution in [1.82, 2.24) is 14.5 Å². The van der Waals surface area contributed by atoms with Gasteiger partial charge in [0.15, 0.2) is 0 Å². The molecule has 76 heavy (non-hydrogen) atoms. The van der Waals surface area contributed by atoms with Crippen molar-refractivity contribution in [2.45, 2.75) is 16.9 Å². The van der Waals surface area contributed by atoms with Gasteiger partial charge in [-0.1, -0.05) is 237 Å². The predicted molar refractivity (Wildman–Crippen MR) is 312 cm³/mol. The lowest BCUT2D eigenvalue weighted by Gasteiger charge is -2.41. The Kier molecular flexibility index (Phi) is 9.20. The number of fused-ring (bicyclic) bond motifs is 10. The molecule has 1 N–H and O–H groups in total. The lowest BCUT2D eigenvalue weighted by Crippen LogP contribution is -2.35. The van der Waals surface area contributed by atoms with Crippen LogP contribution in [-0.2, 0) is 10.8 Å². The largest absolute Gasteiger partial charge is 0.340 e. The summed E-state index contributed by atoms with van der Waals surface area (Å²) in [7, 11) is 0. The van der Waals surface area contributed by atoms with Gasteiger partial charge in [0, 0.05) is 32.8 Å². The monoisotopic (exact) mass is 968 g/mol. The fourth-order valence-corrected chi connectivity index (χ4v) is 13.8. The van der Waals surface area contributed by atoms with E-state index in [4.69, 9.17) is 4.99 Å². The van der Waals surface area contributed by atoms with E-state index in [2.05, 4.69) is 294 Å². The molecule has 5 heterocycles. The highest BCUT2D eigenvalue weighted by atomic mass is 15.1. The zero-order valence-corrected chi connectivity index (χ0v) is 41.5. The molecule has 11 aromatic carbocycles. The van der Waals surface area contributed by atoms with Crippen LogP contribution in [-0.4, -0.2) is 15.0 Å². The van der Waals surface area contributed by atoms with Crippen molar-refractivity contribution in [2.75, 3.05) is 0 Å². The summed E-state index contributed by atoms with van der Waals surface area (Å²) in [5.41, 5.74) is 20.6. The van der Waals surface area contributed by atoms with Crippen LogP contribution in [0.1, 0.15) is 67.2 Å². The van der Waals surface area contributed by atoms with Crippen LogP contribution in [0.4, 0.5) is 0 Å². The minimum atomic E-state index is -0.531. The maximum Gasteiger partial charge on any atom is 0.133 e. The minimum Gasteiger partial charge on any atom is -0.340 e. The van der Waals surface area contributed by atoms with Crippen molar-refractivity contribution < 1.29 is 0 Å². The molecule has 1 unspecified atom stereocenters. The van der Waals surface area contributed by atoms with Gasteiger partial charge < -0.3 is 14.5 Å². The molecule has 0 aliphatic carbocycles. The summed E-state index contributed by atoms with van der Waals surface area (Å²) in [5, 5.41) is 8.75. The molecule has 4 nitrogen and oxygen atoms in total.